The molecule has 2 atom stereocenters. The van der Waals surface area contributed by atoms with Gasteiger partial charge in [-0.2, -0.15) is 0 Å². The maximum atomic E-state index is 14.3. The van der Waals surface area contributed by atoms with E-state index in [0.29, 0.717) is 47.3 Å². The molecule has 32 heavy (non-hydrogen) atoms. The number of thioether (sulfide) groups is 2. The van der Waals surface area contributed by atoms with Crippen LogP contribution in [0.4, 0.5) is 0 Å². The number of benzene rings is 1. The van der Waals surface area contributed by atoms with Gasteiger partial charge in [0.15, 0.2) is 11.6 Å². The van der Waals surface area contributed by atoms with Gasteiger partial charge in [-0.05, 0) is 49.7 Å². The number of Topliss-reactive ketones (excluding diaryl/α,β-unsaturated/α-hetero) is 2. The Hall–Kier alpha value is -1.57. The molecule has 7 heteroatoms. The number of allylic oxidation sites excluding steroid dienone is 1. The molecule has 1 aromatic rings. The van der Waals surface area contributed by atoms with Crippen molar-refractivity contribution in [3.63, 3.8) is 0 Å². The van der Waals surface area contributed by atoms with Gasteiger partial charge in [0.2, 0.25) is 5.91 Å². The van der Waals surface area contributed by atoms with E-state index in [1.165, 1.54) is 23.5 Å². The van der Waals surface area contributed by atoms with Crippen LogP contribution in [0.1, 0.15) is 55.5 Å². The second-order valence-corrected chi connectivity index (χ2v) is 10.8. The molecule has 1 fully saturated rings. The molecule has 0 bridgehead atoms. The van der Waals surface area contributed by atoms with Gasteiger partial charge < -0.3 is 9.64 Å². The van der Waals surface area contributed by atoms with Gasteiger partial charge in [-0.3, -0.25) is 14.4 Å². The van der Waals surface area contributed by atoms with Crippen molar-refractivity contribution in [2.75, 3.05) is 32.8 Å². The van der Waals surface area contributed by atoms with E-state index in [0.717, 1.165) is 12.8 Å². The average Bonchev–Trinajstić information content (AvgIpc) is 3.25. The van der Waals surface area contributed by atoms with Gasteiger partial charge in [0, 0.05) is 19.2 Å². The van der Waals surface area contributed by atoms with Crippen molar-refractivity contribution < 1.29 is 19.1 Å². The summed E-state index contributed by atoms with van der Waals surface area (Å²) in [6.07, 6.45) is 6.59. The summed E-state index contributed by atoms with van der Waals surface area (Å²) in [5.41, 5.74) is -0.170. The third-order valence-corrected chi connectivity index (χ3v) is 8.66. The summed E-state index contributed by atoms with van der Waals surface area (Å²) in [5.74, 6) is -0.471. The number of carbonyl (C=O) groups excluding carboxylic acids is 3. The quantitative estimate of drug-likeness (QED) is 0.308. The van der Waals surface area contributed by atoms with Crippen molar-refractivity contribution in [2.24, 2.45) is 5.92 Å². The van der Waals surface area contributed by atoms with E-state index in [1.54, 1.807) is 19.2 Å². The lowest BCUT2D eigenvalue weighted by atomic mass is 9.63. The second kappa shape index (κ2) is 10.6. The highest BCUT2D eigenvalue weighted by atomic mass is 32.2. The first-order valence-electron chi connectivity index (χ1n) is 11.1. The maximum Gasteiger partial charge on any atom is 0.241 e. The molecule has 1 aliphatic carbocycles. The van der Waals surface area contributed by atoms with E-state index in [-0.39, 0.29) is 29.1 Å². The van der Waals surface area contributed by atoms with Crippen molar-refractivity contribution in [3.05, 3.63) is 45.2 Å². The van der Waals surface area contributed by atoms with E-state index in [4.69, 9.17) is 4.74 Å². The van der Waals surface area contributed by atoms with E-state index >= 15 is 0 Å². The molecule has 0 unspecified atom stereocenters. The van der Waals surface area contributed by atoms with Crippen LogP contribution < -0.4 is 0 Å². The number of nitrogens with zero attached hydrogens (tertiary/aromatic N) is 1. The van der Waals surface area contributed by atoms with Gasteiger partial charge in [0.05, 0.1) is 22.5 Å². The van der Waals surface area contributed by atoms with Crippen LogP contribution in [0.3, 0.4) is 0 Å². The van der Waals surface area contributed by atoms with E-state index in [1.807, 2.05) is 29.5 Å². The van der Waals surface area contributed by atoms with Gasteiger partial charge in [0.25, 0.3) is 0 Å². The highest BCUT2D eigenvalue weighted by Crippen LogP contribution is 2.46. The van der Waals surface area contributed by atoms with Crippen LogP contribution >= 0.6 is 23.5 Å². The summed E-state index contributed by atoms with van der Waals surface area (Å²) >= 11 is 2.78. The Kier molecular flexibility index (Phi) is 8.28. The lowest BCUT2D eigenvalue weighted by molar-refractivity contribution is -0.144. The molecule has 5 nitrogen and oxygen atoms in total. The smallest absolute Gasteiger partial charge is 0.241 e. The molecule has 1 aromatic carbocycles. The molecule has 1 amide bonds. The van der Waals surface area contributed by atoms with Crippen molar-refractivity contribution in [1.29, 1.82) is 0 Å². The number of amides is 1. The highest BCUT2D eigenvalue weighted by Gasteiger charge is 2.57. The molecule has 1 saturated heterocycles. The average molecular weight is 476 g/mol. The summed E-state index contributed by atoms with van der Waals surface area (Å²) in [5, 5.41) is 0. The fraction of sp³-hybridized carbons (Fsp3) is 0.560. The molecule has 174 valence electrons. The maximum absolute atomic E-state index is 14.3. The zero-order valence-corrected chi connectivity index (χ0v) is 21.2. The number of methoxy groups -OCH3 is 1. The van der Waals surface area contributed by atoms with Crippen molar-refractivity contribution in [3.8, 4) is 0 Å². The number of hydrogen-bond acceptors (Lipinski definition) is 6. The molecular weight excluding hydrogens is 442 g/mol. The summed E-state index contributed by atoms with van der Waals surface area (Å²) in [6, 6.07) is 7.15. The minimum absolute atomic E-state index is 0.0472. The number of rotatable bonds is 8. The number of fused-ring (bicyclic) bond motifs is 1. The molecular formula is C25H33NO4S2. The Balaban J connectivity index is 2.27. The Bertz CT molecular complexity index is 920. The molecule has 2 aliphatic rings. The fourth-order valence-electron chi connectivity index (χ4n) is 4.89. The Morgan fingerprint density at radius 1 is 1.22 bits per heavy atom. The predicted molar refractivity (Wildman–Crippen MR) is 132 cm³/mol. The van der Waals surface area contributed by atoms with Crippen molar-refractivity contribution >= 4 is 41.0 Å². The van der Waals surface area contributed by atoms with Crippen LogP contribution in [0.25, 0.3) is 0 Å². The number of ether oxygens (including phenoxy) is 1. The lowest BCUT2D eigenvalue weighted by Crippen LogP contribution is -2.57. The monoisotopic (exact) mass is 475 g/mol. The van der Waals surface area contributed by atoms with Crippen LogP contribution in [0.2, 0.25) is 0 Å². The third-order valence-electron chi connectivity index (χ3n) is 6.51. The van der Waals surface area contributed by atoms with Crippen LogP contribution in [-0.2, 0) is 19.7 Å². The Morgan fingerprint density at radius 3 is 2.53 bits per heavy atom. The molecule has 0 N–H and O–H groups in total. The topological polar surface area (TPSA) is 63.7 Å². The molecule has 0 radical (unpaired) electrons. The second-order valence-electron chi connectivity index (χ2n) is 8.86. The minimum Gasteiger partial charge on any atom is -0.383 e. The molecule has 0 spiro atoms. The summed E-state index contributed by atoms with van der Waals surface area (Å²) in [7, 11) is 1.64. The number of hydrogen-bond donors (Lipinski definition) is 0. The molecule has 1 heterocycles. The van der Waals surface area contributed by atoms with E-state index in [2.05, 4.69) is 13.8 Å². The molecule has 1 aliphatic heterocycles. The van der Waals surface area contributed by atoms with Crippen LogP contribution in [0.15, 0.2) is 34.1 Å². The third kappa shape index (κ3) is 4.31. The lowest BCUT2D eigenvalue weighted by Gasteiger charge is -2.41. The van der Waals surface area contributed by atoms with Crippen molar-refractivity contribution in [1.82, 2.24) is 4.90 Å². The number of carbonyl (C=O) groups is 3. The summed E-state index contributed by atoms with van der Waals surface area (Å²) < 4.78 is 6.06. The van der Waals surface area contributed by atoms with E-state index in [9.17, 15) is 14.4 Å². The van der Waals surface area contributed by atoms with Gasteiger partial charge in [0.1, 0.15) is 5.41 Å². The van der Waals surface area contributed by atoms with Crippen LogP contribution in [0, 0.1) is 5.92 Å². The normalized spacial score (nSPS) is 23.1. The first-order chi connectivity index (χ1) is 15.3. The summed E-state index contributed by atoms with van der Waals surface area (Å²) in [4.78, 5) is 43.9. The van der Waals surface area contributed by atoms with Crippen molar-refractivity contribution in [2.45, 2.75) is 51.0 Å². The first-order valence-corrected chi connectivity index (χ1v) is 13.6. The first kappa shape index (κ1) is 25.1. The largest absolute Gasteiger partial charge is 0.383 e. The fourth-order valence-corrected chi connectivity index (χ4v) is 6.33. The number of ketones is 2. The van der Waals surface area contributed by atoms with Gasteiger partial charge >= 0.3 is 0 Å². The Labute approximate surface area is 199 Å². The van der Waals surface area contributed by atoms with Crippen LogP contribution in [-0.4, -0.2) is 61.2 Å². The van der Waals surface area contributed by atoms with Gasteiger partial charge in [-0.25, -0.2) is 0 Å². The molecule has 0 saturated carbocycles. The van der Waals surface area contributed by atoms with E-state index < -0.39 is 5.41 Å². The standard InChI is InChI=1S/C25H33NO4S2/c1-16(2)12-13-25(24(29)26-14-8-9-17(26)15-30-3)19-11-7-6-10-18(19)21(27)20(22(25)28)23(31-4)32-5/h6-7,10-11,16-17H,8-9,12-15H2,1-5H3/t17-,25+/m0/s1. The van der Waals surface area contributed by atoms with Gasteiger partial charge in [-0.15, -0.1) is 23.5 Å². The predicted octanol–water partition coefficient (Wildman–Crippen LogP) is 4.70. The van der Waals surface area contributed by atoms with Gasteiger partial charge in [-0.1, -0.05) is 38.1 Å². The highest BCUT2D eigenvalue weighted by molar-refractivity contribution is 8.21. The minimum atomic E-state index is -1.38. The molecule has 0 aromatic heterocycles. The Morgan fingerprint density at radius 2 is 1.91 bits per heavy atom. The zero-order valence-electron chi connectivity index (χ0n) is 19.6. The number of likely N-dealkylation sites (tertiary alicyclic amines) is 1. The SMILES string of the molecule is COC[C@@H]1CCCN1C(=O)[C@@]1(CCC(C)C)C(=O)C(=C(SC)SC)C(=O)c2ccccc21. The zero-order chi connectivity index (χ0) is 23.5. The van der Waals surface area contributed by atoms with Crippen LogP contribution in [0.5, 0.6) is 0 Å². The summed E-state index contributed by atoms with van der Waals surface area (Å²) in [6.45, 7) is 5.25. The molecule has 3 rings (SSSR count).